The van der Waals surface area contributed by atoms with E-state index in [2.05, 4.69) is 13.8 Å². The molecule has 0 aromatic carbocycles. The van der Waals surface area contributed by atoms with Crippen molar-refractivity contribution in [1.29, 1.82) is 0 Å². The topological polar surface area (TPSA) is 46.5 Å². The first kappa shape index (κ1) is 12.5. The maximum atomic E-state index is 12.0. The van der Waals surface area contributed by atoms with E-state index in [0.717, 1.165) is 19.3 Å². The first-order valence-corrected chi connectivity index (χ1v) is 7.39. The van der Waals surface area contributed by atoms with E-state index in [1.54, 1.807) is 0 Å². The third kappa shape index (κ3) is 1.37. The van der Waals surface area contributed by atoms with Crippen LogP contribution >= 0.6 is 0 Å². The summed E-state index contributed by atoms with van der Waals surface area (Å²) in [5.41, 5.74) is -0.564. The molecule has 1 heterocycles. The van der Waals surface area contributed by atoms with Crippen molar-refractivity contribution in [2.45, 2.75) is 58.2 Å². The van der Waals surface area contributed by atoms with Gasteiger partial charge in [-0.15, -0.1) is 0 Å². The highest BCUT2D eigenvalue weighted by Gasteiger charge is 2.66. The number of rotatable bonds is 0. The third-order valence-electron chi connectivity index (χ3n) is 5.97. The maximum Gasteiger partial charge on any atom is 0.309 e. The molecule has 102 valence electrons. The Morgan fingerprint density at radius 1 is 1.06 bits per heavy atom. The van der Waals surface area contributed by atoms with Crippen LogP contribution in [0.4, 0.5) is 0 Å². The summed E-state index contributed by atoms with van der Waals surface area (Å²) in [6.07, 6.45) is 3.86. The molecular formula is C15H24O3. The fraction of sp³-hybridized carbons (Fsp3) is 0.933. The normalized spacial score (nSPS) is 55.7. The molecule has 1 saturated heterocycles. The first-order valence-electron chi connectivity index (χ1n) is 7.39. The van der Waals surface area contributed by atoms with Gasteiger partial charge in [0.1, 0.15) is 5.60 Å². The lowest BCUT2D eigenvalue weighted by Gasteiger charge is -2.54. The third-order valence-corrected chi connectivity index (χ3v) is 5.97. The second-order valence-electron chi connectivity index (χ2n) is 6.83. The Bertz CT molecular complexity index is 367. The van der Waals surface area contributed by atoms with Gasteiger partial charge < -0.3 is 9.84 Å². The molecule has 1 spiro atoms. The van der Waals surface area contributed by atoms with E-state index < -0.39 is 11.7 Å². The zero-order valence-corrected chi connectivity index (χ0v) is 11.6. The average molecular weight is 252 g/mol. The van der Waals surface area contributed by atoms with E-state index in [0.29, 0.717) is 11.8 Å². The number of esters is 1. The maximum absolute atomic E-state index is 12.0. The van der Waals surface area contributed by atoms with Gasteiger partial charge in [-0.25, -0.2) is 0 Å². The number of hydrogen-bond acceptors (Lipinski definition) is 3. The van der Waals surface area contributed by atoms with E-state index in [9.17, 15) is 9.90 Å². The molecule has 2 saturated carbocycles. The zero-order valence-electron chi connectivity index (χ0n) is 11.6. The molecule has 3 fully saturated rings. The molecule has 1 aliphatic heterocycles. The van der Waals surface area contributed by atoms with Gasteiger partial charge in [0.05, 0.1) is 12.0 Å². The van der Waals surface area contributed by atoms with Crippen molar-refractivity contribution < 1.29 is 14.6 Å². The largest absolute Gasteiger partial charge is 0.455 e. The van der Waals surface area contributed by atoms with Crippen LogP contribution in [0.1, 0.15) is 46.5 Å². The predicted octanol–water partition coefficient (Wildman–Crippen LogP) is 2.37. The van der Waals surface area contributed by atoms with Gasteiger partial charge in [-0.2, -0.15) is 0 Å². The van der Waals surface area contributed by atoms with Crippen LogP contribution in [-0.2, 0) is 9.53 Å². The SMILES string of the molecule is C[C@@H]1CC[C@@H]2[C@H](C)CC[C@@H]3[C@@H](C)C(=O)O[C@]23[C@@H]1O. The van der Waals surface area contributed by atoms with Crippen molar-refractivity contribution in [1.82, 2.24) is 0 Å². The molecule has 3 heteroatoms. The second-order valence-corrected chi connectivity index (χ2v) is 6.83. The summed E-state index contributed by atoms with van der Waals surface area (Å²) in [4.78, 5) is 12.0. The number of ether oxygens (including phenoxy) is 1. The van der Waals surface area contributed by atoms with Crippen molar-refractivity contribution in [3.05, 3.63) is 0 Å². The molecule has 2 aliphatic carbocycles. The van der Waals surface area contributed by atoms with Gasteiger partial charge in [-0.05, 0) is 37.5 Å². The summed E-state index contributed by atoms with van der Waals surface area (Å²) in [5.74, 6) is 1.25. The number of aliphatic hydroxyl groups is 1. The van der Waals surface area contributed by atoms with Gasteiger partial charge in [0.2, 0.25) is 0 Å². The second kappa shape index (κ2) is 3.96. The van der Waals surface area contributed by atoms with Gasteiger partial charge in [-0.1, -0.05) is 20.8 Å². The Morgan fingerprint density at radius 3 is 2.39 bits per heavy atom. The summed E-state index contributed by atoms with van der Waals surface area (Å²) >= 11 is 0. The van der Waals surface area contributed by atoms with Gasteiger partial charge in [0.15, 0.2) is 0 Å². The predicted molar refractivity (Wildman–Crippen MR) is 67.8 cm³/mol. The van der Waals surface area contributed by atoms with Gasteiger partial charge in [-0.3, -0.25) is 4.79 Å². The molecule has 3 aliphatic rings. The summed E-state index contributed by atoms with van der Waals surface area (Å²) in [6.45, 7) is 6.31. The molecule has 0 bridgehead atoms. The van der Waals surface area contributed by atoms with Crippen LogP contribution < -0.4 is 0 Å². The molecule has 0 radical (unpaired) electrons. The lowest BCUT2D eigenvalue weighted by atomic mass is 9.54. The van der Waals surface area contributed by atoms with Crippen molar-refractivity contribution in [3.63, 3.8) is 0 Å². The highest BCUT2D eigenvalue weighted by molar-refractivity contribution is 5.76. The van der Waals surface area contributed by atoms with E-state index in [4.69, 9.17) is 4.74 Å². The summed E-state index contributed by atoms with van der Waals surface area (Å²) in [5, 5.41) is 10.7. The lowest BCUT2D eigenvalue weighted by molar-refractivity contribution is -0.210. The highest BCUT2D eigenvalue weighted by atomic mass is 16.6. The van der Waals surface area contributed by atoms with Crippen LogP contribution in [0, 0.1) is 29.6 Å². The van der Waals surface area contributed by atoms with Crippen LogP contribution in [0.2, 0.25) is 0 Å². The number of carbonyl (C=O) groups is 1. The first-order chi connectivity index (χ1) is 8.48. The standard InChI is InChI=1S/C15H24O3/c1-8-4-7-12-10(3)14(17)18-15(12)11(8)6-5-9(2)13(15)16/h8-13,16H,4-7H2,1-3H3/t8-,9-,10-,11-,12-,13-,15-/m1/s1. The number of aliphatic hydroxyl groups excluding tert-OH is 1. The lowest BCUT2D eigenvalue weighted by Crippen LogP contribution is -2.62. The van der Waals surface area contributed by atoms with Crippen molar-refractivity contribution in [2.75, 3.05) is 0 Å². The Labute approximate surface area is 109 Å². The summed E-state index contributed by atoms with van der Waals surface area (Å²) < 4.78 is 5.83. The van der Waals surface area contributed by atoms with Crippen LogP contribution in [0.25, 0.3) is 0 Å². The highest BCUT2D eigenvalue weighted by Crippen LogP contribution is 2.58. The molecule has 0 aromatic heterocycles. The molecule has 3 rings (SSSR count). The molecule has 7 atom stereocenters. The van der Waals surface area contributed by atoms with Crippen molar-refractivity contribution >= 4 is 5.97 Å². The van der Waals surface area contributed by atoms with Crippen LogP contribution in [0.3, 0.4) is 0 Å². The van der Waals surface area contributed by atoms with Crippen LogP contribution in [-0.4, -0.2) is 22.8 Å². The Morgan fingerprint density at radius 2 is 1.67 bits per heavy atom. The average Bonchev–Trinajstić information content (AvgIpc) is 2.59. The molecule has 1 N–H and O–H groups in total. The van der Waals surface area contributed by atoms with Gasteiger partial charge in [0, 0.05) is 11.8 Å². The number of carbonyl (C=O) groups excluding carboxylic acids is 1. The molecule has 0 amide bonds. The molecule has 3 nitrogen and oxygen atoms in total. The Balaban J connectivity index is 2.05. The van der Waals surface area contributed by atoms with Gasteiger partial charge >= 0.3 is 5.97 Å². The Hall–Kier alpha value is -0.570. The van der Waals surface area contributed by atoms with E-state index in [1.807, 2.05) is 6.92 Å². The molecule has 0 aromatic rings. The smallest absolute Gasteiger partial charge is 0.309 e. The molecular weight excluding hydrogens is 228 g/mol. The minimum absolute atomic E-state index is 0.0417. The summed E-state index contributed by atoms with van der Waals surface area (Å²) in [7, 11) is 0. The van der Waals surface area contributed by atoms with Gasteiger partial charge in [0.25, 0.3) is 0 Å². The minimum atomic E-state index is -0.564. The summed E-state index contributed by atoms with van der Waals surface area (Å²) in [6, 6.07) is 0. The van der Waals surface area contributed by atoms with Crippen molar-refractivity contribution in [2.24, 2.45) is 29.6 Å². The molecule has 18 heavy (non-hydrogen) atoms. The fourth-order valence-electron chi connectivity index (χ4n) is 4.87. The monoisotopic (exact) mass is 252 g/mol. The van der Waals surface area contributed by atoms with Crippen molar-refractivity contribution in [3.8, 4) is 0 Å². The zero-order chi connectivity index (χ0) is 13.1. The quantitative estimate of drug-likeness (QED) is 0.673. The van der Waals surface area contributed by atoms with E-state index in [1.165, 1.54) is 6.42 Å². The molecule has 0 unspecified atom stereocenters. The van der Waals surface area contributed by atoms with E-state index >= 15 is 0 Å². The fourth-order valence-corrected chi connectivity index (χ4v) is 4.87. The number of hydrogen-bond donors (Lipinski definition) is 1. The van der Waals surface area contributed by atoms with Crippen LogP contribution in [0.15, 0.2) is 0 Å². The van der Waals surface area contributed by atoms with Crippen LogP contribution in [0.5, 0.6) is 0 Å². The minimum Gasteiger partial charge on any atom is -0.455 e. The van der Waals surface area contributed by atoms with E-state index in [-0.39, 0.29) is 23.7 Å². The Kier molecular flexibility index (Phi) is 2.74.